The SMILES string of the molecule is Cc1ncc(-c2ccc([N+](=O)[O-])c(NC(=O)N3Cc4cnn(CC(F)F)c4C3)n2)s1. The third-order valence-electron chi connectivity index (χ3n) is 4.50. The minimum Gasteiger partial charge on any atom is -0.314 e. The minimum atomic E-state index is -2.57. The van der Waals surface area contributed by atoms with Gasteiger partial charge in [-0.25, -0.2) is 23.5 Å². The van der Waals surface area contributed by atoms with Gasteiger partial charge in [-0.3, -0.25) is 20.1 Å². The monoisotopic (exact) mass is 435 g/mol. The molecule has 4 heterocycles. The molecule has 0 fully saturated rings. The van der Waals surface area contributed by atoms with Crippen molar-refractivity contribution in [2.24, 2.45) is 0 Å². The fourth-order valence-corrected chi connectivity index (χ4v) is 3.87. The Hall–Kier alpha value is -3.48. The fraction of sp³-hybridized carbons (Fsp3) is 0.294. The molecule has 0 unspecified atom stereocenters. The molecule has 156 valence electrons. The standard InChI is InChI=1S/C17H15F2N7O3S/c1-9-20-5-14(30-9)11-2-3-12(26(28)29)16(22-11)23-17(27)24-6-10-4-21-25(8-15(18)19)13(10)7-24/h2-5,15H,6-8H2,1H3,(H,22,23,27). The van der Waals surface area contributed by atoms with Crippen LogP contribution in [-0.4, -0.2) is 42.0 Å². The predicted octanol–water partition coefficient (Wildman–Crippen LogP) is 3.43. The van der Waals surface area contributed by atoms with Crippen molar-refractivity contribution in [3.05, 3.63) is 50.9 Å². The number of carbonyl (C=O) groups is 1. The number of rotatable bonds is 5. The number of thiazole rings is 1. The second kappa shape index (κ2) is 7.74. The highest BCUT2D eigenvalue weighted by atomic mass is 32.1. The zero-order chi connectivity index (χ0) is 21.4. The molecule has 0 aliphatic carbocycles. The number of hydrogen-bond acceptors (Lipinski definition) is 7. The number of aryl methyl sites for hydroxylation is 1. The molecule has 0 saturated carbocycles. The van der Waals surface area contributed by atoms with Crippen molar-refractivity contribution in [3.63, 3.8) is 0 Å². The summed E-state index contributed by atoms with van der Waals surface area (Å²) in [6.45, 7) is 1.48. The maximum absolute atomic E-state index is 12.7. The van der Waals surface area contributed by atoms with E-state index in [9.17, 15) is 23.7 Å². The summed E-state index contributed by atoms with van der Waals surface area (Å²) in [5, 5.41) is 18.6. The van der Waals surface area contributed by atoms with E-state index in [1.165, 1.54) is 39.2 Å². The first-order valence-electron chi connectivity index (χ1n) is 8.77. The smallest absolute Gasteiger partial charge is 0.314 e. The number of alkyl halides is 2. The summed E-state index contributed by atoms with van der Waals surface area (Å²) in [5.74, 6) is -0.196. The highest BCUT2D eigenvalue weighted by molar-refractivity contribution is 7.15. The molecule has 3 aromatic heterocycles. The molecule has 2 amide bonds. The van der Waals surface area contributed by atoms with Gasteiger partial charge in [0.15, 0.2) is 0 Å². The molecule has 3 aromatic rings. The van der Waals surface area contributed by atoms with Crippen molar-refractivity contribution in [2.45, 2.75) is 33.0 Å². The lowest BCUT2D eigenvalue weighted by Crippen LogP contribution is -2.31. The van der Waals surface area contributed by atoms with Crippen molar-refractivity contribution in [2.75, 3.05) is 5.32 Å². The Kier molecular flexibility index (Phi) is 5.11. The first-order valence-corrected chi connectivity index (χ1v) is 9.59. The molecule has 1 aliphatic rings. The zero-order valence-corrected chi connectivity index (χ0v) is 16.4. The van der Waals surface area contributed by atoms with E-state index in [2.05, 4.69) is 20.4 Å². The number of aromatic nitrogens is 4. The van der Waals surface area contributed by atoms with Crippen LogP contribution in [0, 0.1) is 17.0 Å². The first kappa shape index (κ1) is 19.8. The summed E-state index contributed by atoms with van der Waals surface area (Å²) in [7, 11) is 0. The normalized spacial score (nSPS) is 13.0. The number of anilines is 1. The van der Waals surface area contributed by atoms with Crippen molar-refractivity contribution in [1.82, 2.24) is 24.6 Å². The van der Waals surface area contributed by atoms with Crippen molar-refractivity contribution >= 4 is 28.9 Å². The molecule has 13 heteroatoms. The zero-order valence-electron chi connectivity index (χ0n) is 15.6. The van der Waals surface area contributed by atoms with Crippen LogP contribution < -0.4 is 5.32 Å². The summed E-state index contributed by atoms with van der Waals surface area (Å²) in [6.07, 6.45) is 0.478. The van der Waals surface area contributed by atoms with E-state index in [1.54, 1.807) is 6.20 Å². The van der Waals surface area contributed by atoms with Gasteiger partial charge in [0.2, 0.25) is 5.82 Å². The molecule has 0 spiro atoms. The molecule has 0 saturated heterocycles. The summed E-state index contributed by atoms with van der Waals surface area (Å²) < 4.78 is 26.5. The summed E-state index contributed by atoms with van der Waals surface area (Å²) in [6, 6.07) is 2.14. The second-order valence-corrected chi connectivity index (χ2v) is 7.78. The molecule has 1 aliphatic heterocycles. The molecule has 0 atom stereocenters. The highest BCUT2D eigenvalue weighted by Crippen LogP contribution is 2.31. The van der Waals surface area contributed by atoms with E-state index in [-0.39, 0.29) is 24.6 Å². The Labute approximate surface area is 172 Å². The summed E-state index contributed by atoms with van der Waals surface area (Å²) in [5.41, 5.74) is 1.26. The van der Waals surface area contributed by atoms with Crippen LogP contribution in [0.2, 0.25) is 0 Å². The van der Waals surface area contributed by atoms with E-state index in [0.717, 1.165) is 5.01 Å². The third kappa shape index (κ3) is 3.83. The quantitative estimate of drug-likeness (QED) is 0.484. The number of nitrogens with one attached hydrogen (secondary N) is 1. The van der Waals surface area contributed by atoms with Crippen LogP contribution in [0.15, 0.2) is 24.5 Å². The molecule has 0 aromatic carbocycles. The molecule has 1 N–H and O–H groups in total. The minimum absolute atomic E-state index is 0.0649. The Morgan fingerprint density at radius 1 is 1.37 bits per heavy atom. The van der Waals surface area contributed by atoms with E-state index < -0.39 is 23.9 Å². The molecular weight excluding hydrogens is 420 g/mol. The van der Waals surface area contributed by atoms with Gasteiger partial charge in [0, 0.05) is 17.8 Å². The number of nitro groups is 1. The van der Waals surface area contributed by atoms with Gasteiger partial charge in [-0.05, 0) is 13.0 Å². The number of nitrogens with zero attached hydrogens (tertiary/aromatic N) is 6. The van der Waals surface area contributed by atoms with Crippen molar-refractivity contribution in [1.29, 1.82) is 0 Å². The maximum atomic E-state index is 12.7. The van der Waals surface area contributed by atoms with Gasteiger partial charge in [-0.2, -0.15) is 5.10 Å². The van der Waals surface area contributed by atoms with Crippen LogP contribution in [-0.2, 0) is 19.6 Å². The number of pyridine rings is 1. The fourth-order valence-electron chi connectivity index (χ4n) is 3.13. The van der Waals surface area contributed by atoms with E-state index >= 15 is 0 Å². The molecule has 0 bridgehead atoms. The summed E-state index contributed by atoms with van der Waals surface area (Å²) in [4.78, 5) is 33.9. The van der Waals surface area contributed by atoms with Gasteiger partial charge in [0.1, 0.15) is 6.54 Å². The molecule has 4 rings (SSSR count). The predicted molar refractivity (Wildman–Crippen MR) is 103 cm³/mol. The lowest BCUT2D eigenvalue weighted by molar-refractivity contribution is -0.384. The lowest BCUT2D eigenvalue weighted by atomic mass is 10.3. The van der Waals surface area contributed by atoms with E-state index in [1.807, 2.05) is 6.92 Å². The number of carbonyl (C=O) groups excluding carboxylic acids is 1. The van der Waals surface area contributed by atoms with Crippen LogP contribution in [0.25, 0.3) is 10.6 Å². The van der Waals surface area contributed by atoms with Gasteiger partial charge in [-0.15, -0.1) is 11.3 Å². The maximum Gasteiger partial charge on any atom is 0.323 e. The largest absolute Gasteiger partial charge is 0.323 e. The van der Waals surface area contributed by atoms with Crippen LogP contribution in [0.5, 0.6) is 0 Å². The van der Waals surface area contributed by atoms with Crippen molar-refractivity contribution in [3.8, 4) is 10.6 Å². The molecule has 0 radical (unpaired) electrons. The number of hydrogen-bond donors (Lipinski definition) is 1. The summed E-state index contributed by atoms with van der Waals surface area (Å²) >= 11 is 1.37. The van der Waals surface area contributed by atoms with Gasteiger partial charge < -0.3 is 4.90 Å². The van der Waals surface area contributed by atoms with Crippen LogP contribution >= 0.6 is 11.3 Å². The number of amides is 2. The van der Waals surface area contributed by atoms with Crippen LogP contribution in [0.4, 0.5) is 25.1 Å². The average Bonchev–Trinajstić information content (AvgIpc) is 3.38. The lowest BCUT2D eigenvalue weighted by Gasteiger charge is -2.17. The Morgan fingerprint density at radius 2 is 2.17 bits per heavy atom. The van der Waals surface area contributed by atoms with Gasteiger partial charge >= 0.3 is 11.7 Å². The first-order chi connectivity index (χ1) is 14.3. The van der Waals surface area contributed by atoms with Crippen LogP contribution in [0.3, 0.4) is 0 Å². The number of fused-ring (bicyclic) bond motifs is 1. The van der Waals surface area contributed by atoms with Gasteiger partial charge in [-0.1, -0.05) is 0 Å². The van der Waals surface area contributed by atoms with Crippen molar-refractivity contribution < 1.29 is 18.5 Å². The van der Waals surface area contributed by atoms with Gasteiger partial charge in [0.25, 0.3) is 6.43 Å². The van der Waals surface area contributed by atoms with E-state index in [0.29, 0.717) is 21.8 Å². The van der Waals surface area contributed by atoms with Crippen LogP contribution in [0.1, 0.15) is 16.3 Å². The van der Waals surface area contributed by atoms with E-state index in [4.69, 9.17) is 0 Å². The van der Waals surface area contributed by atoms with Gasteiger partial charge in [0.05, 0.1) is 45.5 Å². The average molecular weight is 435 g/mol. The Balaban J connectivity index is 1.55. The molecular formula is C17H15F2N7O3S. The number of urea groups is 1. The Bertz CT molecular complexity index is 1130. The Morgan fingerprint density at radius 3 is 2.83 bits per heavy atom. The number of halogens is 2. The highest BCUT2D eigenvalue weighted by Gasteiger charge is 2.29. The molecule has 30 heavy (non-hydrogen) atoms. The molecule has 10 nitrogen and oxygen atoms in total. The second-order valence-electron chi connectivity index (χ2n) is 6.54. The topological polar surface area (TPSA) is 119 Å². The third-order valence-corrected chi connectivity index (χ3v) is 5.44.